The summed E-state index contributed by atoms with van der Waals surface area (Å²) in [5.41, 5.74) is 2.55. The van der Waals surface area contributed by atoms with E-state index in [-0.39, 0.29) is 17.7 Å². The van der Waals surface area contributed by atoms with Crippen molar-refractivity contribution in [1.82, 2.24) is 4.90 Å². The van der Waals surface area contributed by atoms with Crippen LogP contribution in [0.1, 0.15) is 16.7 Å². The summed E-state index contributed by atoms with van der Waals surface area (Å²) in [6.45, 7) is 0.516. The van der Waals surface area contributed by atoms with Gasteiger partial charge in [-0.15, -0.1) is 0 Å². The van der Waals surface area contributed by atoms with Crippen LogP contribution < -0.4 is 9.47 Å². The van der Waals surface area contributed by atoms with Gasteiger partial charge in [-0.3, -0.25) is 14.5 Å². The lowest BCUT2D eigenvalue weighted by Gasteiger charge is -2.15. The number of rotatable bonds is 7. The molecule has 0 aliphatic carbocycles. The topological polar surface area (TPSA) is 55.8 Å². The number of imide groups is 1. The molecule has 0 N–H and O–H groups in total. The number of hydrogen-bond donors (Lipinski definition) is 0. The Morgan fingerprint density at radius 1 is 0.850 bits per heavy atom. The van der Waals surface area contributed by atoms with E-state index in [1.54, 1.807) is 18.2 Å². The number of benzene rings is 5. The molecule has 6 rings (SSSR count). The lowest BCUT2D eigenvalue weighted by molar-refractivity contribution is -0.123. The normalized spacial score (nSPS) is 14.4. The molecule has 0 unspecified atom stereocenters. The number of amides is 2. The Labute approximate surface area is 241 Å². The van der Waals surface area contributed by atoms with Crippen molar-refractivity contribution in [2.75, 3.05) is 7.11 Å². The van der Waals surface area contributed by atoms with Crippen LogP contribution >= 0.6 is 23.4 Å². The van der Waals surface area contributed by atoms with Gasteiger partial charge in [-0.05, 0) is 74.3 Å². The van der Waals surface area contributed by atoms with E-state index in [0.717, 1.165) is 44.4 Å². The fourth-order valence-corrected chi connectivity index (χ4v) is 5.95. The quantitative estimate of drug-likeness (QED) is 0.185. The number of fused-ring (bicyclic) bond motifs is 2. The maximum absolute atomic E-state index is 13.2. The molecule has 1 fully saturated rings. The summed E-state index contributed by atoms with van der Waals surface area (Å²) in [5.74, 6) is 0.516. The van der Waals surface area contributed by atoms with Crippen LogP contribution in [0.4, 0.5) is 4.79 Å². The van der Waals surface area contributed by atoms with E-state index >= 15 is 0 Å². The number of thioether (sulfide) groups is 1. The predicted molar refractivity (Wildman–Crippen MR) is 162 cm³/mol. The van der Waals surface area contributed by atoms with Crippen molar-refractivity contribution >= 4 is 62.1 Å². The van der Waals surface area contributed by atoms with Crippen molar-refractivity contribution in [2.24, 2.45) is 0 Å². The highest BCUT2D eigenvalue weighted by molar-refractivity contribution is 8.18. The van der Waals surface area contributed by atoms with Crippen molar-refractivity contribution in [2.45, 2.75) is 13.2 Å². The third-order valence-corrected chi connectivity index (χ3v) is 8.02. The van der Waals surface area contributed by atoms with Gasteiger partial charge < -0.3 is 9.47 Å². The van der Waals surface area contributed by atoms with Crippen molar-refractivity contribution in [1.29, 1.82) is 0 Å². The van der Waals surface area contributed by atoms with Gasteiger partial charge in [0.25, 0.3) is 11.1 Å². The number of methoxy groups -OCH3 is 1. The van der Waals surface area contributed by atoms with Gasteiger partial charge in [0.2, 0.25) is 0 Å². The third kappa shape index (κ3) is 5.16. The van der Waals surface area contributed by atoms with Gasteiger partial charge in [-0.1, -0.05) is 90.5 Å². The third-order valence-electron chi connectivity index (χ3n) is 6.83. The molecule has 40 heavy (non-hydrogen) atoms. The van der Waals surface area contributed by atoms with E-state index in [1.165, 1.54) is 12.0 Å². The van der Waals surface area contributed by atoms with Crippen LogP contribution in [-0.2, 0) is 17.9 Å². The summed E-state index contributed by atoms with van der Waals surface area (Å²) in [6.07, 6.45) is 1.66. The smallest absolute Gasteiger partial charge is 0.293 e. The van der Waals surface area contributed by atoms with Crippen molar-refractivity contribution in [3.8, 4) is 11.5 Å². The van der Waals surface area contributed by atoms with Crippen molar-refractivity contribution in [3.05, 3.63) is 124 Å². The van der Waals surface area contributed by atoms with Gasteiger partial charge in [0, 0.05) is 0 Å². The van der Waals surface area contributed by atoms with Crippen LogP contribution in [0.25, 0.3) is 27.6 Å². The van der Waals surface area contributed by atoms with Gasteiger partial charge >= 0.3 is 0 Å². The summed E-state index contributed by atoms with van der Waals surface area (Å²) in [7, 11) is 1.54. The van der Waals surface area contributed by atoms with E-state index < -0.39 is 0 Å². The summed E-state index contributed by atoms with van der Waals surface area (Å²) in [5, 5.41) is 4.45. The number of ether oxygens (including phenoxy) is 2. The molecular weight excluding hydrogens is 542 g/mol. The Morgan fingerprint density at radius 3 is 2.42 bits per heavy atom. The molecule has 0 spiro atoms. The molecule has 198 valence electrons. The van der Waals surface area contributed by atoms with Crippen LogP contribution in [0.2, 0.25) is 5.02 Å². The Bertz CT molecular complexity index is 1810. The number of carbonyl (C=O) groups excluding carboxylic acids is 2. The van der Waals surface area contributed by atoms with Gasteiger partial charge in [-0.2, -0.15) is 0 Å². The van der Waals surface area contributed by atoms with E-state index in [4.69, 9.17) is 21.1 Å². The van der Waals surface area contributed by atoms with Gasteiger partial charge in [0.1, 0.15) is 6.61 Å². The molecule has 1 aliphatic heterocycles. The first-order valence-corrected chi connectivity index (χ1v) is 13.9. The summed E-state index contributed by atoms with van der Waals surface area (Å²) >= 11 is 7.54. The maximum Gasteiger partial charge on any atom is 0.293 e. The Morgan fingerprint density at radius 2 is 1.60 bits per heavy atom. The minimum Gasteiger partial charge on any atom is -0.493 e. The van der Waals surface area contributed by atoms with Crippen molar-refractivity contribution in [3.63, 3.8) is 0 Å². The molecule has 7 heteroatoms. The molecule has 5 nitrogen and oxygen atoms in total. The molecule has 1 saturated heterocycles. The Balaban J connectivity index is 1.21. The first kappa shape index (κ1) is 26.0. The largest absolute Gasteiger partial charge is 0.493 e. The SMILES string of the molecule is COc1cc(/C=C2\SC(=O)N(Cc3ccc4ccccc4c3)C2=O)cc(Cl)c1OCc1cccc2ccccc12. The Kier molecular flexibility index (Phi) is 7.20. The molecule has 0 atom stereocenters. The zero-order chi connectivity index (χ0) is 27.6. The van der Waals surface area contributed by atoms with E-state index in [1.807, 2.05) is 66.7 Å². The summed E-state index contributed by atoms with van der Waals surface area (Å²) in [6, 6.07) is 31.6. The molecule has 1 heterocycles. The average Bonchev–Trinajstić information content (AvgIpc) is 3.23. The molecule has 0 aromatic heterocycles. The van der Waals surface area contributed by atoms with Gasteiger partial charge in [-0.25, -0.2) is 0 Å². The molecule has 2 amide bonds. The van der Waals surface area contributed by atoms with E-state index in [2.05, 4.69) is 18.2 Å². The molecule has 0 saturated carbocycles. The van der Waals surface area contributed by atoms with Crippen LogP contribution in [-0.4, -0.2) is 23.2 Å². The molecule has 0 bridgehead atoms. The minimum atomic E-state index is -0.338. The van der Waals surface area contributed by atoms with Gasteiger partial charge in [0.05, 0.1) is 23.6 Å². The monoisotopic (exact) mass is 565 g/mol. The molecule has 1 aliphatic rings. The minimum absolute atomic E-state index is 0.206. The molecule has 0 radical (unpaired) electrons. The molecule has 5 aromatic rings. The van der Waals surface area contributed by atoms with E-state index in [0.29, 0.717) is 33.6 Å². The lowest BCUT2D eigenvalue weighted by Crippen LogP contribution is -2.27. The number of nitrogens with zero attached hydrogens (tertiary/aromatic N) is 1. The zero-order valence-electron chi connectivity index (χ0n) is 21.6. The first-order valence-electron chi connectivity index (χ1n) is 12.7. The second-order valence-electron chi connectivity index (χ2n) is 9.41. The standard InChI is InChI=1S/C33H24ClNO4S/c1-38-29-17-22(16-28(34)31(29)39-20-26-11-6-10-24-8-4-5-12-27(24)26)18-30-32(36)35(33(37)40-30)19-21-13-14-23-7-2-3-9-25(23)15-21/h2-18H,19-20H2,1H3/b30-18-. The number of hydrogen-bond acceptors (Lipinski definition) is 5. The summed E-state index contributed by atoms with van der Waals surface area (Å²) < 4.78 is 11.7. The lowest BCUT2D eigenvalue weighted by atomic mass is 10.1. The van der Waals surface area contributed by atoms with Gasteiger partial charge in [0.15, 0.2) is 11.5 Å². The van der Waals surface area contributed by atoms with Crippen molar-refractivity contribution < 1.29 is 19.1 Å². The second-order valence-corrected chi connectivity index (χ2v) is 10.8. The molecular formula is C33H24ClNO4S. The van der Waals surface area contributed by atoms with Crippen LogP contribution in [0.5, 0.6) is 11.5 Å². The first-order chi connectivity index (χ1) is 19.5. The maximum atomic E-state index is 13.2. The highest BCUT2D eigenvalue weighted by Crippen LogP contribution is 2.40. The zero-order valence-corrected chi connectivity index (χ0v) is 23.2. The Hall–Kier alpha value is -4.26. The predicted octanol–water partition coefficient (Wildman–Crippen LogP) is 8.47. The highest BCUT2D eigenvalue weighted by atomic mass is 35.5. The van der Waals surface area contributed by atoms with Crippen LogP contribution in [0.3, 0.4) is 0 Å². The number of halogens is 1. The van der Waals surface area contributed by atoms with Crippen LogP contribution in [0, 0.1) is 0 Å². The fourth-order valence-electron chi connectivity index (χ4n) is 4.84. The highest BCUT2D eigenvalue weighted by Gasteiger charge is 2.35. The summed E-state index contributed by atoms with van der Waals surface area (Å²) in [4.78, 5) is 27.5. The number of carbonyl (C=O) groups is 2. The molecule has 5 aromatic carbocycles. The second kappa shape index (κ2) is 11.1. The fraction of sp³-hybridized carbons (Fsp3) is 0.0909. The van der Waals surface area contributed by atoms with Crippen LogP contribution in [0.15, 0.2) is 102 Å². The average molecular weight is 566 g/mol. The van der Waals surface area contributed by atoms with E-state index in [9.17, 15) is 9.59 Å².